The summed E-state index contributed by atoms with van der Waals surface area (Å²) in [4.78, 5) is 22.3. The Morgan fingerprint density at radius 1 is 1.21 bits per heavy atom. The molecule has 0 saturated heterocycles. The summed E-state index contributed by atoms with van der Waals surface area (Å²) in [6.07, 6.45) is 4.35. The molecular formula is C26H32ClN5OS. The molecule has 1 aliphatic heterocycles. The number of anilines is 1. The molecule has 6 nitrogen and oxygen atoms in total. The molecule has 0 radical (unpaired) electrons. The third kappa shape index (κ3) is 5.59. The molecule has 2 N–H and O–H groups in total. The number of benzodiazepines with no additional fused rings is 1. The van der Waals surface area contributed by atoms with Gasteiger partial charge in [0.15, 0.2) is 5.11 Å². The smallest absolute Gasteiger partial charge is 0.272 e. The molecule has 0 aromatic heterocycles. The van der Waals surface area contributed by atoms with E-state index in [1.165, 1.54) is 25.7 Å². The van der Waals surface area contributed by atoms with Gasteiger partial charge < -0.3 is 15.5 Å². The fourth-order valence-corrected chi connectivity index (χ4v) is 5.21. The summed E-state index contributed by atoms with van der Waals surface area (Å²) in [6.45, 7) is 4.88. The van der Waals surface area contributed by atoms with Gasteiger partial charge in [0.1, 0.15) is 0 Å². The van der Waals surface area contributed by atoms with E-state index >= 15 is 0 Å². The van der Waals surface area contributed by atoms with E-state index in [0.717, 1.165) is 36.4 Å². The molecule has 0 spiro atoms. The van der Waals surface area contributed by atoms with Crippen LogP contribution in [-0.4, -0.2) is 60.5 Å². The Morgan fingerprint density at radius 2 is 1.94 bits per heavy atom. The number of rotatable bonds is 7. The normalized spacial score (nSPS) is 18.5. The standard InChI is InChI=1S/C26H32ClN5OS/c1-3-32(20-11-7-8-12-20)16-15-28-26(34)30-24-25(33)31(2)22-14-13-19(27)17-21(22)23(29-24)18-9-5-4-6-10-18/h4-6,9-10,13-14,17,20,24H,3,7-8,11-12,15-16H2,1-2H3,(H2,28,30,34). The number of carbonyl (C=O) groups is 1. The van der Waals surface area contributed by atoms with E-state index in [2.05, 4.69) is 22.5 Å². The van der Waals surface area contributed by atoms with Crippen LogP contribution in [0, 0.1) is 0 Å². The van der Waals surface area contributed by atoms with E-state index in [1.807, 2.05) is 42.5 Å². The van der Waals surface area contributed by atoms with Gasteiger partial charge >= 0.3 is 0 Å². The molecule has 1 heterocycles. The van der Waals surface area contributed by atoms with Crippen molar-refractivity contribution >= 4 is 46.2 Å². The van der Waals surface area contributed by atoms with Crippen molar-refractivity contribution in [2.45, 2.75) is 44.8 Å². The highest BCUT2D eigenvalue weighted by atomic mass is 35.5. The predicted octanol–water partition coefficient (Wildman–Crippen LogP) is 4.21. The minimum Gasteiger partial charge on any atom is -0.361 e. The Bertz CT molecular complexity index is 1050. The summed E-state index contributed by atoms with van der Waals surface area (Å²) >= 11 is 11.9. The lowest BCUT2D eigenvalue weighted by molar-refractivity contribution is -0.119. The largest absolute Gasteiger partial charge is 0.361 e. The second-order valence-electron chi connectivity index (χ2n) is 8.77. The lowest BCUT2D eigenvalue weighted by Gasteiger charge is -2.28. The zero-order chi connectivity index (χ0) is 24.1. The summed E-state index contributed by atoms with van der Waals surface area (Å²) in [6, 6.07) is 16.0. The third-order valence-electron chi connectivity index (χ3n) is 6.64. The van der Waals surface area contributed by atoms with Crippen LogP contribution in [0.1, 0.15) is 43.7 Å². The SMILES string of the molecule is CCN(CCNC(=S)NC1N=C(c2ccccc2)c2cc(Cl)ccc2N(C)C1=O)C1CCCC1. The summed E-state index contributed by atoms with van der Waals surface area (Å²) < 4.78 is 0. The van der Waals surface area contributed by atoms with Gasteiger partial charge in [-0.05, 0) is 49.8 Å². The molecule has 2 aliphatic rings. The molecular weight excluding hydrogens is 466 g/mol. The van der Waals surface area contributed by atoms with Crippen molar-refractivity contribution in [2.75, 3.05) is 31.6 Å². The minimum absolute atomic E-state index is 0.181. The average molecular weight is 498 g/mol. The van der Waals surface area contributed by atoms with Crippen LogP contribution < -0.4 is 15.5 Å². The van der Waals surface area contributed by atoms with Crippen LogP contribution in [0.4, 0.5) is 5.69 Å². The Morgan fingerprint density at radius 3 is 2.65 bits per heavy atom. The summed E-state index contributed by atoms with van der Waals surface area (Å²) in [5, 5.41) is 7.43. The first-order valence-electron chi connectivity index (χ1n) is 12.0. The molecule has 180 valence electrons. The number of nitrogens with one attached hydrogen (secondary N) is 2. The molecule has 0 bridgehead atoms. The number of aliphatic imine (C=N–C) groups is 1. The van der Waals surface area contributed by atoms with Crippen molar-refractivity contribution in [1.82, 2.24) is 15.5 Å². The first-order valence-corrected chi connectivity index (χ1v) is 12.8. The first kappa shape index (κ1) is 24.6. The fourth-order valence-electron chi connectivity index (χ4n) is 4.82. The van der Waals surface area contributed by atoms with Crippen LogP contribution >= 0.6 is 23.8 Å². The number of benzene rings is 2. The Hall–Kier alpha value is -2.48. The van der Waals surface area contributed by atoms with Crippen LogP contribution in [0.25, 0.3) is 0 Å². The number of hydrogen-bond donors (Lipinski definition) is 2. The number of likely N-dealkylation sites (N-methyl/N-ethyl adjacent to an activating group) is 2. The summed E-state index contributed by atoms with van der Waals surface area (Å²) in [5.41, 5.74) is 3.19. The van der Waals surface area contributed by atoms with Crippen molar-refractivity contribution in [3.05, 3.63) is 64.7 Å². The van der Waals surface area contributed by atoms with E-state index < -0.39 is 6.17 Å². The number of thiocarbonyl (C=S) groups is 1. The predicted molar refractivity (Wildman–Crippen MR) is 144 cm³/mol. The third-order valence-corrected chi connectivity index (χ3v) is 7.14. The van der Waals surface area contributed by atoms with Gasteiger partial charge in [-0.1, -0.05) is 61.7 Å². The number of nitrogens with zero attached hydrogens (tertiary/aromatic N) is 3. The van der Waals surface area contributed by atoms with E-state index in [9.17, 15) is 4.79 Å². The van der Waals surface area contributed by atoms with Gasteiger partial charge in [0.2, 0.25) is 6.17 Å². The highest BCUT2D eigenvalue weighted by molar-refractivity contribution is 7.80. The minimum atomic E-state index is -0.844. The van der Waals surface area contributed by atoms with Crippen LogP contribution in [0.15, 0.2) is 53.5 Å². The van der Waals surface area contributed by atoms with Gasteiger partial charge in [0, 0.05) is 42.3 Å². The molecule has 2 aromatic rings. The van der Waals surface area contributed by atoms with E-state index in [0.29, 0.717) is 21.9 Å². The summed E-state index contributed by atoms with van der Waals surface area (Å²) in [7, 11) is 1.75. The highest BCUT2D eigenvalue weighted by Crippen LogP contribution is 2.30. The van der Waals surface area contributed by atoms with Crippen LogP contribution in [-0.2, 0) is 4.79 Å². The lowest BCUT2D eigenvalue weighted by atomic mass is 10.0. The first-order chi connectivity index (χ1) is 16.5. The molecule has 4 rings (SSSR count). The topological polar surface area (TPSA) is 60.0 Å². The van der Waals surface area contributed by atoms with E-state index in [4.69, 9.17) is 28.8 Å². The quantitative estimate of drug-likeness (QED) is 0.561. The molecule has 1 aliphatic carbocycles. The van der Waals surface area contributed by atoms with E-state index in [1.54, 1.807) is 18.0 Å². The van der Waals surface area contributed by atoms with Crippen molar-refractivity contribution in [1.29, 1.82) is 0 Å². The van der Waals surface area contributed by atoms with Gasteiger partial charge in [0.05, 0.1) is 11.4 Å². The maximum Gasteiger partial charge on any atom is 0.272 e. The second-order valence-corrected chi connectivity index (χ2v) is 9.62. The molecule has 1 atom stereocenters. The molecule has 1 unspecified atom stereocenters. The maximum absolute atomic E-state index is 13.3. The highest BCUT2D eigenvalue weighted by Gasteiger charge is 2.30. The number of fused-ring (bicyclic) bond motifs is 1. The monoisotopic (exact) mass is 497 g/mol. The summed E-state index contributed by atoms with van der Waals surface area (Å²) in [5.74, 6) is -0.181. The lowest BCUT2D eigenvalue weighted by Crippen LogP contribution is -2.50. The van der Waals surface area contributed by atoms with Crippen molar-refractivity contribution in [3.8, 4) is 0 Å². The number of halogens is 1. The molecule has 2 aromatic carbocycles. The number of amides is 1. The number of hydrogen-bond acceptors (Lipinski definition) is 4. The number of carbonyl (C=O) groups excluding carboxylic acids is 1. The Labute approximate surface area is 212 Å². The molecule has 1 saturated carbocycles. The van der Waals surface area contributed by atoms with Crippen LogP contribution in [0.5, 0.6) is 0 Å². The Balaban J connectivity index is 1.51. The second kappa shape index (κ2) is 11.3. The van der Waals surface area contributed by atoms with Crippen molar-refractivity contribution in [2.24, 2.45) is 4.99 Å². The zero-order valence-corrected chi connectivity index (χ0v) is 21.3. The maximum atomic E-state index is 13.3. The molecule has 1 fully saturated rings. The average Bonchev–Trinajstić information content (AvgIpc) is 3.36. The van der Waals surface area contributed by atoms with Crippen molar-refractivity contribution in [3.63, 3.8) is 0 Å². The fraction of sp³-hybridized carbons (Fsp3) is 0.423. The van der Waals surface area contributed by atoms with Crippen LogP contribution in [0.3, 0.4) is 0 Å². The molecule has 34 heavy (non-hydrogen) atoms. The zero-order valence-electron chi connectivity index (χ0n) is 19.8. The van der Waals surface area contributed by atoms with Crippen molar-refractivity contribution < 1.29 is 4.79 Å². The van der Waals surface area contributed by atoms with E-state index in [-0.39, 0.29) is 5.91 Å². The molecule has 1 amide bonds. The Kier molecular flexibility index (Phi) is 8.19. The van der Waals surface area contributed by atoms with Gasteiger partial charge in [-0.2, -0.15) is 0 Å². The van der Waals surface area contributed by atoms with Crippen LogP contribution in [0.2, 0.25) is 5.02 Å². The van der Waals surface area contributed by atoms with Gasteiger partial charge in [-0.25, -0.2) is 4.99 Å². The van der Waals surface area contributed by atoms with Gasteiger partial charge in [0.25, 0.3) is 5.91 Å². The van der Waals surface area contributed by atoms with Gasteiger partial charge in [-0.3, -0.25) is 9.69 Å². The van der Waals surface area contributed by atoms with Gasteiger partial charge in [-0.15, -0.1) is 0 Å². The molecule has 8 heteroatoms.